The largest absolute Gasteiger partial charge is 0.405 e. The highest BCUT2D eigenvalue weighted by atomic mass is 19.4. The lowest BCUT2D eigenvalue weighted by molar-refractivity contribution is -0.125. The fourth-order valence-electron chi connectivity index (χ4n) is 6.18. The van der Waals surface area contributed by atoms with E-state index in [-0.39, 0.29) is 18.7 Å². The maximum Gasteiger partial charge on any atom is 0.405 e. The molecule has 1 spiro atoms. The Morgan fingerprint density at radius 3 is 2.50 bits per heavy atom. The summed E-state index contributed by atoms with van der Waals surface area (Å²) in [5, 5.41) is 7.39. The molecule has 3 aliphatic rings. The minimum Gasteiger partial charge on any atom is -0.329 e. The topological polar surface area (TPSA) is 120 Å². The summed E-state index contributed by atoms with van der Waals surface area (Å²) in [6.45, 7) is -2.16. The van der Waals surface area contributed by atoms with Crippen LogP contribution in [0.4, 0.5) is 29.5 Å². The SMILES string of the molecule is O=CC1(N(CC(=O)Nc2ccc3c(c2)C[C@@]2(C3)C(=O)Nc3ncccc32)C(=O)NCC(F)(F)F)CCCCCC1. The Kier molecular flexibility index (Phi) is 7.28. The Balaban J connectivity index is 1.33. The average Bonchev–Trinajstić information content (AvgIpc) is 3.31. The monoisotopic (exact) mass is 557 g/mol. The zero-order chi connectivity index (χ0) is 28.5. The molecule has 9 nitrogen and oxygen atoms in total. The molecule has 0 saturated heterocycles. The molecule has 1 aromatic heterocycles. The molecular formula is C28H30F3N5O4. The van der Waals surface area contributed by atoms with Gasteiger partial charge in [-0.05, 0) is 55.0 Å². The third kappa shape index (κ3) is 5.26. The summed E-state index contributed by atoms with van der Waals surface area (Å²) in [7, 11) is 0. The zero-order valence-electron chi connectivity index (χ0n) is 21.8. The van der Waals surface area contributed by atoms with Gasteiger partial charge in [-0.15, -0.1) is 0 Å². The highest BCUT2D eigenvalue weighted by Gasteiger charge is 2.51. The first kappa shape index (κ1) is 27.6. The van der Waals surface area contributed by atoms with Crippen LogP contribution >= 0.6 is 0 Å². The Bertz CT molecular complexity index is 1340. The van der Waals surface area contributed by atoms with E-state index >= 15 is 0 Å². The number of rotatable bonds is 6. The predicted molar refractivity (Wildman–Crippen MR) is 140 cm³/mol. The number of carbonyl (C=O) groups is 4. The van der Waals surface area contributed by atoms with Gasteiger partial charge < -0.3 is 25.6 Å². The van der Waals surface area contributed by atoms with E-state index in [4.69, 9.17) is 0 Å². The number of aldehydes is 1. The molecule has 2 aromatic rings. The molecule has 1 aliphatic heterocycles. The van der Waals surface area contributed by atoms with Gasteiger partial charge in [0.2, 0.25) is 11.8 Å². The number of hydrogen-bond acceptors (Lipinski definition) is 5. The second-order valence-electron chi connectivity index (χ2n) is 10.8. The quantitative estimate of drug-likeness (QED) is 0.368. The summed E-state index contributed by atoms with van der Waals surface area (Å²) >= 11 is 0. The second kappa shape index (κ2) is 10.5. The number of fused-ring (bicyclic) bond motifs is 3. The average molecular weight is 558 g/mol. The number of carbonyl (C=O) groups excluding carboxylic acids is 4. The van der Waals surface area contributed by atoms with Gasteiger partial charge in [-0.2, -0.15) is 13.2 Å². The Morgan fingerprint density at radius 1 is 1.07 bits per heavy atom. The van der Waals surface area contributed by atoms with Crippen molar-refractivity contribution < 1.29 is 32.3 Å². The van der Waals surface area contributed by atoms with Gasteiger partial charge in [0, 0.05) is 17.4 Å². The molecular weight excluding hydrogens is 527 g/mol. The highest BCUT2D eigenvalue weighted by molar-refractivity contribution is 6.06. The number of alkyl halides is 3. The first-order valence-electron chi connectivity index (χ1n) is 13.3. The van der Waals surface area contributed by atoms with Gasteiger partial charge in [-0.1, -0.05) is 37.8 Å². The molecule has 1 fully saturated rings. The lowest BCUT2D eigenvalue weighted by atomic mass is 9.79. The van der Waals surface area contributed by atoms with Crippen LogP contribution in [0.5, 0.6) is 0 Å². The van der Waals surface area contributed by atoms with Crippen LogP contribution in [0.3, 0.4) is 0 Å². The van der Waals surface area contributed by atoms with E-state index < -0.39 is 42.2 Å². The van der Waals surface area contributed by atoms with Gasteiger partial charge in [0.1, 0.15) is 30.7 Å². The third-order valence-electron chi connectivity index (χ3n) is 8.18. The minimum atomic E-state index is -4.64. The highest BCUT2D eigenvalue weighted by Crippen LogP contribution is 2.47. The lowest BCUT2D eigenvalue weighted by Gasteiger charge is -2.39. The molecule has 3 N–H and O–H groups in total. The molecule has 40 heavy (non-hydrogen) atoms. The summed E-state index contributed by atoms with van der Waals surface area (Å²) in [5.41, 5.74) is 0.920. The summed E-state index contributed by atoms with van der Waals surface area (Å²) in [6, 6.07) is 7.82. The number of nitrogens with one attached hydrogen (secondary N) is 3. The van der Waals surface area contributed by atoms with Crippen molar-refractivity contribution in [3.63, 3.8) is 0 Å². The van der Waals surface area contributed by atoms with Crippen molar-refractivity contribution in [2.75, 3.05) is 23.7 Å². The Labute approximate surface area is 228 Å². The standard InChI is InChI=1S/C28H30F3N5O4/c29-28(30,31)16-33-25(40)36(26(17-37)9-3-1-2-4-10-26)15-22(38)34-20-8-7-18-13-27(14-19(18)12-20)21-6-5-11-32-23(21)35-24(27)39/h5-8,11-12,17H,1-4,9-10,13-16H2,(H,33,40)(H,34,38)(H,32,35,39)/t27-/m1/s1. The molecule has 1 atom stereocenters. The first-order chi connectivity index (χ1) is 19.1. The molecule has 0 bridgehead atoms. The number of urea groups is 1. The van der Waals surface area contributed by atoms with Gasteiger partial charge in [-0.3, -0.25) is 9.59 Å². The maximum absolute atomic E-state index is 13.1. The van der Waals surface area contributed by atoms with Crippen molar-refractivity contribution in [3.8, 4) is 0 Å². The van der Waals surface area contributed by atoms with Crippen molar-refractivity contribution in [1.29, 1.82) is 0 Å². The van der Waals surface area contributed by atoms with Gasteiger partial charge >= 0.3 is 12.2 Å². The van der Waals surface area contributed by atoms with Crippen LogP contribution in [0.1, 0.15) is 55.2 Å². The number of aromatic nitrogens is 1. The van der Waals surface area contributed by atoms with Crippen molar-refractivity contribution in [3.05, 3.63) is 53.2 Å². The number of halogens is 3. The number of pyridine rings is 1. The van der Waals surface area contributed by atoms with E-state index in [0.717, 1.165) is 34.4 Å². The van der Waals surface area contributed by atoms with Gasteiger partial charge in [0.15, 0.2) is 0 Å². The van der Waals surface area contributed by atoms with E-state index in [1.807, 2.05) is 17.4 Å². The number of benzene rings is 1. The van der Waals surface area contributed by atoms with Crippen LogP contribution in [0.2, 0.25) is 0 Å². The molecule has 2 aliphatic carbocycles. The van der Waals surface area contributed by atoms with E-state index in [2.05, 4.69) is 15.6 Å². The molecule has 0 unspecified atom stereocenters. The normalized spacial score (nSPS) is 21.1. The van der Waals surface area contributed by atoms with E-state index in [0.29, 0.717) is 43.5 Å². The zero-order valence-corrected chi connectivity index (χ0v) is 21.8. The Morgan fingerprint density at radius 2 is 1.80 bits per heavy atom. The molecule has 1 saturated carbocycles. The maximum atomic E-state index is 13.1. The summed E-state index contributed by atoms with van der Waals surface area (Å²) in [4.78, 5) is 56.5. The number of amides is 4. The van der Waals surface area contributed by atoms with Crippen molar-refractivity contribution in [1.82, 2.24) is 15.2 Å². The molecule has 212 valence electrons. The van der Waals surface area contributed by atoms with E-state index in [1.165, 1.54) is 0 Å². The first-order valence-corrected chi connectivity index (χ1v) is 13.3. The van der Waals surface area contributed by atoms with Crippen LogP contribution in [0.15, 0.2) is 36.5 Å². The fraction of sp³-hybridized carbons (Fsp3) is 0.464. The van der Waals surface area contributed by atoms with Crippen LogP contribution in [-0.2, 0) is 32.6 Å². The molecule has 5 rings (SSSR count). The molecule has 4 amide bonds. The van der Waals surface area contributed by atoms with Gasteiger partial charge in [0.25, 0.3) is 0 Å². The molecule has 12 heteroatoms. The van der Waals surface area contributed by atoms with Gasteiger partial charge in [0.05, 0.1) is 5.41 Å². The van der Waals surface area contributed by atoms with Crippen molar-refractivity contribution in [2.24, 2.45) is 0 Å². The van der Waals surface area contributed by atoms with Crippen molar-refractivity contribution in [2.45, 2.75) is 68.5 Å². The van der Waals surface area contributed by atoms with Gasteiger partial charge in [-0.25, -0.2) is 9.78 Å². The van der Waals surface area contributed by atoms with E-state index in [9.17, 15) is 32.3 Å². The lowest BCUT2D eigenvalue weighted by Crippen LogP contribution is -2.59. The number of anilines is 2. The molecule has 1 aromatic carbocycles. The predicted octanol–water partition coefficient (Wildman–Crippen LogP) is 3.87. The summed E-state index contributed by atoms with van der Waals surface area (Å²) in [6.07, 6.45) is 1.87. The summed E-state index contributed by atoms with van der Waals surface area (Å²) in [5.74, 6) is -0.236. The molecule has 0 radical (unpaired) electrons. The third-order valence-corrected chi connectivity index (χ3v) is 8.18. The second-order valence-corrected chi connectivity index (χ2v) is 10.8. The van der Waals surface area contributed by atoms with E-state index in [1.54, 1.807) is 24.4 Å². The number of nitrogens with zero attached hydrogens (tertiary/aromatic N) is 2. The van der Waals surface area contributed by atoms with Crippen LogP contribution in [0, 0.1) is 0 Å². The molecule has 2 heterocycles. The van der Waals surface area contributed by atoms with Crippen LogP contribution < -0.4 is 16.0 Å². The van der Waals surface area contributed by atoms with Crippen LogP contribution in [0.25, 0.3) is 0 Å². The smallest absolute Gasteiger partial charge is 0.329 e. The Hall–Kier alpha value is -3.96. The summed E-state index contributed by atoms with van der Waals surface area (Å²) < 4.78 is 38.5. The van der Waals surface area contributed by atoms with Crippen molar-refractivity contribution >= 4 is 35.6 Å². The minimum absolute atomic E-state index is 0.133. The van der Waals surface area contributed by atoms with Crippen LogP contribution in [-0.4, -0.2) is 58.8 Å². The fourth-order valence-corrected chi connectivity index (χ4v) is 6.18. The number of hydrogen-bond donors (Lipinski definition) is 3.